The lowest BCUT2D eigenvalue weighted by Gasteiger charge is -2.30. The summed E-state index contributed by atoms with van der Waals surface area (Å²) in [6.45, 7) is 1.99. The van der Waals surface area contributed by atoms with Crippen molar-refractivity contribution in [2.45, 2.75) is 30.1 Å². The largest absolute Gasteiger partial charge is 0.515 e. The van der Waals surface area contributed by atoms with Crippen molar-refractivity contribution >= 4 is 34.4 Å². The molecule has 0 saturated carbocycles. The Bertz CT molecular complexity index is 1720. The summed E-state index contributed by atoms with van der Waals surface area (Å²) >= 11 is 2.83. The van der Waals surface area contributed by atoms with Crippen molar-refractivity contribution < 1.29 is 23.0 Å². The molecule has 3 N–H and O–H groups in total. The first-order chi connectivity index (χ1) is 19.8. The SMILES string of the molecule is CS/C=C/C1=C/C=C\C(=C\O)C(C)(c2cnc(-c3cc(Oc4c(F)c(F)c5[nH]ccc5c4SC)ccc3F)[nH]2)CC1. The summed E-state index contributed by atoms with van der Waals surface area (Å²) in [5, 5.41) is 12.6. The average Bonchev–Trinajstić information content (AvgIpc) is 3.66. The Hall–Kier alpha value is -3.76. The minimum atomic E-state index is -1.13. The molecular formula is C31H28F3N3O2S2. The van der Waals surface area contributed by atoms with Gasteiger partial charge in [0.25, 0.3) is 0 Å². The summed E-state index contributed by atoms with van der Waals surface area (Å²) in [6.07, 6.45) is 17.2. The van der Waals surface area contributed by atoms with Crippen LogP contribution in [0.2, 0.25) is 0 Å². The number of nitrogens with one attached hydrogen (secondary N) is 2. The highest BCUT2D eigenvalue weighted by atomic mass is 32.2. The normalized spacial score (nSPS) is 20.7. The molecule has 2 heterocycles. The second-order valence-electron chi connectivity index (χ2n) is 9.70. The van der Waals surface area contributed by atoms with Crippen LogP contribution in [-0.2, 0) is 5.41 Å². The van der Waals surface area contributed by atoms with Gasteiger partial charge in [-0.2, -0.15) is 4.39 Å². The van der Waals surface area contributed by atoms with Gasteiger partial charge >= 0.3 is 0 Å². The van der Waals surface area contributed by atoms with Gasteiger partial charge in [-0.15, -0.1) is 23.5 Å². The molecule has 2 aromatic carbocycles. The number of aromatic nitrogens is 3. The van der Waals surface area contributed by atoms with Crippen LogP contribution in [0.5, 0.6) is 11.5 Å². The number of aliphatic hydroxyl groups is 1. The van der Waals surface area contributed by atoms with Gasteiger partial charge in [-0.3, -0.25) is 0 Å². The summed E-state index contributed by atoms with van der Waals surface area (Å²) in [4.78, 5) is 10.8. The van der Waals surface area contributed by atoms with E-state index in [1.807, 2.05) is 36.8 Å². The van der Waals surface area contributed by atoms with E-state index >= 15 is 8.78 Å². The monoisotopic (exact) mass is 595 g/mol. The molecule has 1 unspecified atom stereocenters. The van der Waals surface area contributed by atoms with E-state index in [0.29, 0.717) is 28.0 Å². The smallest absolute Gasteiger partial charge is 0.204 e. The van der Waals surface area contributed by atoms with Crippen LogP contribution in [0.1, 0.15) is 25.5 Å². The molecule has 0 radical (unpaired) electrons. The Kier molecular flexibility index (Phi) is 8.42. The third kappa shape index (κ3) is 5.46. The number of nitrogens with zero attached hydrogens (tertiary/aromatic N) is 1. The van der Waals surface area contributed by atoms with Gasteiger partial charge < -0.3 is 19.8 Å². The van der Waals surface area contributed by atoms with Crippen molar-refractivity contribution in [1.29, 1.82) is 0 Å². The van der Waals surface area contributed by atoms with E-state index in [4.69, 9.17) is 4.74 Å². The van der Waals surface area contributed by atoms with Crippen LogP contribution in [0.15, 0.2) is 88.7 Å². The van der Waals surface area contributed by atoms with E-state index in [9.17, 15) is 9.50 Å². The van der Waals surface area contributed by atoms with E-state index in [0.717, 1.165) is 18.3 Å². The Balaban J connectivity index is 1.49. The van der Waals surface area contributed by atoms with Crippen LogP contribution in [0.3, 0.4) is 0 Å². The van der Waals surface area contributed by atoms with E-state index in [2.05, 4.69) is 21.0 Å². The van der Waals surface area contributed by atoms with Crippen LogP contribution < -0.4 is 4.74 Å². The summed E-state index contributed by atoms with van der Waals surface area (Å²) < 4.78 is 50.7. The molecule has 1 aliphatic rings. The molecule has 0 bridgehead atoms. The summed E-state index contributed by atoms with van der Waals surface area (Å²) in [6, 6.07) is 5.60. The molecular weight excluding hydrogens is 567 g/mol. The van der Waals surface area contributed by atoms with E-state index in [1.165, 1.54) is 36.2 Å². The molecule has 0 fully saturated rings. The number of aromatic amines is 2. The third-order valence-electron chi connectivity index (χ3n) is 7.29. The fraction of sp³-hybridized carbons (Fsp3) is 0.194. The highest BCUT2D eigenvalue weighted by molar-refractivity contribution is 8.01. The van der Waals surface area contributed by atoms with Gasteiger partial charge in [-0.1, -0.05) is 24.3 Å². The minimum Gasteiger partial charge on any atom is -0.515 e. The summed E-state index contributed by atoms with van der Waals surface area (Å²) in [7, 11) is 0. The van der Waals surface area contributed by atoms with Crippen LogP contribution in [0.4, 0.5) is 13.2 Å². The van der Waals surface area contributed by atoms with Crippen molar-refractivity contribution in [2.75, 3.05) is 12.5 Å². The van der Waals surface area contributed by atoms with Crippen molar-refractivity contribution in [1.82, 2.24) is 15.0 Å². The molecule has 1 atom stereocenters. The van der Waals surface area contributed by atoms with Gasteiger partial charge in [-0.05, 0) is 73.1 Å². The maximum absolute atomic E-state index is 15.1. The van der Waals surface area contributed by atoms with Crippen LogP contribution in [0.25, 0.3) is 22.3 Å². The molecule has 10 heteroatoms. The first kappa shape index (κ1) is 28.8. The highest BCUT2D eigenvalue weighted by Crippen LogP contribution is 2.43. The van der Waals surface area contributed by atoms with Gasteiger partial charge in [-0.25, -0.2) is 13.8 Å². The standard InChI is InChI=1S/C31H28F3N3O2S2/c1-31(12-9-18(11-14-40-2)5-4-6-19(31)17-38)24-16-36-30(37-24)22-15-20(7-8-23(22)32)39-28-26(34)25(33)27-21(10-13-35-27)29(28)41-3/h4-8,10-11,13-17,35,38H,9,12H2,1-3H3,(H,36,37)/b6-4-,14-11+,18-5+,19-17-. The van der Waals surface area contributed by atoms with Crippen LogP contribution in [0, 0.1) is 17.5 Å². The van der Waals surface area contributed by atoms with E-state index < -0.39 is 22.9 Å². The number of fused-ring (bicyclic) bond motifs is 1. The van der Waals surface area contributed by atoms with Gasteiger partial charge in [0.1, 0.15) is 17.4 Å². The first-order valence-corrected chi connectivity index (χ1v) is 15.3. The zero-order valence-electron chi connectivity index (χ0n) is 22.6. The number of aliphatic hydroxyl groups excluding tert-OH is 1. The van der Waals surface area contributed by atoms with Crippen molar-refractivity contribution in [2.24, 2.45) is 0 Å². The van der Waals surface area contributed by atoms with Crippen molar-refractivity contribution in [3.8, 4) is 22.9 Å². The molecule has 212 valence electrons. The minimum absolute atomic E-state index is 0.0545. The second kappa shape index (κ2) is 12.0. The lowest BCUT2D eigenvalue weighted by Crippen LogP contribution is -2.25. The fourth-order valence-corrected chi connectivity index (χ4v) is 5.94. The molecule has 5 nitrogen and oxygen atoms in total. The Morgan fingerprint density at radius 2 is 1.98 bits per heavy atom. The van der Waals surface area contributed by atoms with Gasteiger partial charge in [0.05, 0.1) is 22.2 Å². The molecule has 0 spiro atoms. The predicted molar refractivity (Wildman–Crippen MR) is 161 cm³/mol. The van der Waals surface area contributed by atoms with E-state index in [-0.39, 0.29) is 28.4 Å². The number of halogens is 3. The van der Waals surface area contributed by atoms with Crippen molar-refractivity contribution in [3.63, 3.8) is 0 Å². The second-order valence-corrected chi connectivity index (χ2v) is 11.3. The zero-order chi connectivity index (χ0) is 29.1. The topological polar surface area (TPSA) is 73.9 Å². The number of rotatable bonds is 7. The number of ether oxygens (including phenoxy) is 1. The Labute approximate surface area is 244 Å². The summed E-state index contributed by atoms with van der Waals surface area (Å²) in [5.74, 6) is -2.66. The maximum atomic E-state index is 15.1. The molecule has 0 saturated heterocycles. The zero-order valence-corrected chi connectivity index (χ0v) is 24.2. The lowest BCUT2D eigenvalue weighted by atomic mass is 9.74. The first-order valence-electron chi connectivity index (χ1n) is 12.8. The molecule has 41 heavy (non-hydrogen) atoms. The van der Waals surface area contributed by atoms with Crippen LogP contribution >= 0.6 is 23.5 Å². The fourth-order valence-electron chi connectivity index (χ4n) is 4.92. The molecule has 2 aromatic heterocycles. The van der Waals surface area contributed by atoms with Crippen LogP contribution in [-0.4, -0.2) is 32.6 Å². The lowest BCUT2D eigenvalue weighted by molar-refractivity contribution is 0.409. The molecule has 0 aliphatic heterocycles. The summed E-state index contributed by atoms with van der Waals surface area (Å²) in [5.41, 5.74) is 2.02. The Morgan fingerprint density at radius 1 is 1.15 bits per heavy atom. The number of hydrogen-bond acceptors (Lipinski definition) is 5. The third-order valence-corrected chi connectivity index (χ3v) is 8.51. The molecule has 4 aromatic rings. The van der Waals surface area contributed by atoms with Gasteiger partial charge in [0, 0.05) is 28.9 Å². The molecule has 0 amide bonds. The van der Waals surface area contributed by atoms with Gasteiger partial charge in [0.2, 0.25) is 5.82 Å². The molecule has 1 aliphatic carbocycles. The number of H-pyrrole nitrogens is 2. The number of imidazole rings is 1. The number of allylic oxidation sites excluding steroid dienone is 6. The number of benzene rings is 2. The Morgan fingerprint density at radius 3 is 2.73 bits per heavy atom. The quantitative estimate of drug-likeness (QED) is 0.147. The maximum Gasteiger partial charge on any atom is 0.204 e. The molecule has 5 rings (SSSR count). The predicted octanol–water partition coefficient (Wildman–Crippen LogP) is 9.34. The number of hydrogen-bond donors (Lipinski definition) is 3. The van der Waals surface area contributed by atoms with E-state index in [1.54, 1.807) is 30.3 Å². The van der Waals surface area contributed by atoms with Gasteiger partial charge in [0.15, 0.2) is 11.6 Å². The highest BCUT2D eigenvalue weighted by Gasteiger charge is 2.33. The average molecular weight is 596 g/mol. The van der Waals surface area contributed by atoms with Crippen molar-refractivity contribution in [3.05, 3.63) is 107 Å². The number of thioether (sulfide) groups is 2.